The Morgan fingerprint density at radius 1 is 0.260 bits per heavy atom. The maximum Gasteiger partial charge on any atom is 0.472 e. The van der Waals surface area contributed by atoms with Crippen LogP contribution in [0.1, 0.15) is 389 Å². The van der Waals surface area contributed by atoms with Gasteiger partial charge in [0.05, 0.1) is 26.4 Å². The molecule has 0 spiro atoms. The zero-order chi connectivity index (χ0) is 71.0. The first-order valence-corrected chi connectivity index (χ1v) is 42.7. The minimum atomic E-state index is -4.96. The van der Waals surface area contributed by atoms with E-state index in [2.05, 4.69) is 55.4 Å². The summed E-state index contributed by atoms with van der Waals surface area (Å²) in [6.45, 7) is 14.2. The maximum absolute atomic E-state index is 13.1. The van der Waals surface area contributed by atoms with Crippen LogP contribution in [0.4, 0.5) is 0 Å². The van der Waals surface area contributed by atoms with E-state index in [1.807, 2.05) is 0 Å². The van der Waals surface area contributed by atoms with Crippen LogP contribution in [0.2, 0.25) is 0 Å². The summed E-state index contributed by atoms with van der Waals surface area (Å²) in [5.74, 6) is 0.904. The Labute approximate surface area is 588 Å². The lowest BCUT2D eigenvalue weighted by Gasteiger charge is -2.21. The number of hydrogen-bond acceptors (Lipinski definition) is 15. The van der Waals surface area contributed by atoms with Gasteiger partial charge in [-0.3, -0.25) is 37.3 Å². The molecule has 0 aromatic rings. The second-order valence-electron chi connectivity index (χ2n) is 29.7. The third-order valence-electron chi connectivity index (χ3n) is 17.8. The summed E-state index contributed by atoms with van der Waals surface area (Å²) in [6, 6.07) is 0. The predicted octanol–water partition coefficient (Wildman–Crippen LogP) is 22.4. The quantitative estimate of drug-likeness (QED) is 0.0222. The van der Waals surface area contributed by atoms with Crippen LogP contribution in [0, 0.1) is 23.7 Å². The van der Waals surface area contributed by atoms with Crippen molar-refractivity contribution in [3.8, 4) is 0 Å². The van der Waals surface area contributed by atoms with Crippen molar-refractivity contribution in [2.24, 2.45) is 23.7 Å². The van der Waals surface area contributed by atoms with E-state index in [0.29, 0.717) is 31.6 Å². The maximum atomic E-state index is 13.1. The van der Waals surface area contributed by atoms with Gasteiger partial charge in [-0.1, -0.05) is 338 Å². The monoisotopic (exact) mass is 1410 g/mol. The second kappa shape index (κ2) is 66.3. The van der Waals surface area contributed by atoms with Gasteiger partial charge in [-0.25, -0.2) is 9.13 Å². The molecule has 17 nitrogen and oxygen atoms in total. The molecule has 5 atom stereocenters. The number of carbonyl (C=O) groups excluding carboxylic acids is 4. The fourth-order valence-corrected chi connectivity index (χ4v) is 13.3. The highest BCUT2D eigenvalue weighted by Gasteiger charge is 2.30. The van der Waals surface area contributed by atoms with Crippen LogP contribution >= 0.6 is 15.6 Å². The van der Waals surface area contributed by atoms with Gasteiger partial charge in [0, 0.05) is 25.7 Å². The normalized spacial score (nSPS) is 14.1. The first-order valence-electron chi connectivity index (χ1n) is 39.7. The second-order valence-corrected chi connectivity index (χ2v) is 32.6. The zero-order valence-electron chi connectivity index (χ0n) is 63.0. The van der Waals surface area contributed by atoms with E-state index in [-0.39, 0.29) is 25.7 Å². The topological polar surface area (TPSA) is 237 Å². The first-order chi connectivity index (χ1) is 46.1. The van der Waals surface area contributed by atoms with Gasteiger partial charge in [-0.05, 0) is 49.4 Å². The number of unbranched alkanes of at least 4 members (excludes halogenated alkanes) is 40. The molecule has 0 amide bonds. The molecule has 0 aromatic carbocycles. The Morgan fingerprint density at radius 2 is 0.438 bits per heavy atom. The molecule has 3 N–H and O–H groups in total. The summed E-state index contributed by atoms with van der Waals surface area (Å²) in [5.41, 5.74) is 0. The molecule has 0 aliphatic carbocycles. The summed E-state index contributed by atoms with van der Waals surface area (Å²) < 4.78 is 68.5. The van der Waals surface area contributed by atoms with Crippen LogP contribution < -0.4 is 0 Å². The Kier molecular flexibility index (Phi) is 65.0. The number of aliphatic hydroxyl groups is 1. The molecule has 0 rings (SSSR count). The van der Waals surface area contributed by atoms with Gasteiger partial charge in [-0.15, -0.1) is 0 Å². The Balaban J connectivity index is 5.21. The number of hydrogen-bond donors (Lipinski definition) is 3. The molecule has 0 saturated carbocycles. The molecular formula is C77H150O17P2. The molecule has 19 heteroatoms. The Bertz CT molecular complexity index is 1880. The number of rotatable bonds is 74. The first kappa shape index (κ1) is 94.1. The summed E-state index contributed by atoms with van der Waals surface area (Å²) in [4.78, 5) is 72.8. The van der Waals surface area contributed by atoms with Crippen molar-refractivity contribution in [2.45, 2.75) is 408 Å². The number of carbonyl (C=O) groups is 4. The summed E-state index contributed by atoms with van der Waals surface area (Å²) in [6.07, 6.45) is 51.5. The van der Waals surface area contributed by atoms with Gasteiger partial charge < -0.3 is 33.8 Å². The highest BCUT2D eigenvalue weighted by atomic mass is 31.2. The van der Waals surface area contributed by atoms with Gasteiger partial charge in [-0.2, -0.15) is 0 Å². The average Bonchev–Trinajstić information content (AvgIpc) is 1.45. The minimum absolute atomic E-state index is 0.106. The molecule has 0 heterocycles. The third-order valence-corrected chi connectivity index (χ3v) is 19.7. The van der Waals surface area contributed by atoms with E-state index in [4.69, 9.17) is 37.0 Å². The third kappa shape index (κ3) is 70.5. The van der Waals surface area contributed by atoms with Crippen LogP contribution in [0.25, 0.3) is 0 Å². The molecule has 0 aliphatic rings. The number of esters is 4. The van der Waals surface area contributed by atoms with Gasteiger partial charge in [0.25, 0.3) is 0 Å². The molecule has 0 bridgehead atoms. The molecule has 96 heavy (non-hydrogen) atoms. The standard InChI is InChI=1S/C77H150O17P2/c1-67(2)53-45-37-29-23-17-13-10-9-11-15-20-27-33-43-51-59-76(81)94-73(64-88-75(80)58-50-42-36-35-40-48-56-70(7)8)66-92-96(85,86)90-62-71(78)61-89-95(83,84)91-65-72(93-77(82)60-52-44-34-28-22-21-25-31-39-47-55-69(5)6)63-87-74(79)57-49-41-32-26-19-16-12-14-18-24-30-38-46-54-68(3)4/h67-73,78H,9-66H2,1-8H3,(H,83,84)(H,85,86)/t71?,72-,73-/m1/s1. The summed E-state index contributed by atoms with van der Waals surface area (Å²) in [5, 5.41) is 10.6. The van der Waals surface area contributed by atoms with Crippen molar-refractivity contribution in [2.75, 3.05) is 39.6 Å². The minimum Gasteiger partial charge on any atom is -0.462 e. The molecular weight excluding hydrogens is 1260 g/mol. The lowest BCUT2D eigenvalue weighted by molar-refractivity contribution is -0.161. The molecule has 0 aromatic heterocycles. The van der Waals surface area contributed by atoms with Gasteiger partial charge in [0.15, 0.2) is 12.2 Å². The molecule has 0 aliphatic heterocycles. The smallest absolute Gasteiger partial charge is 0.462 e. The van der Waals surface area contributed by atoms with E-state index in [0.717, 1.165) is 114 Å². The van der Waals surface area contributed by atoms with E-state index in [9.17, 15) is 43.2 Å². The Morgan fingerprint density at radius 3 is 0.646 bits per heavy atom. The van der Waals surface area contributed by atoms with E-state index < -0.39 is 97.5 Å². The van der Waals surface area contributed by atoms with Crippen molar-refractivity contribution in [1.82, 2.24) is 0 Å². The highest BCUT2D eigenvalue weighted by Crippen LogP contribution is 2.45. The fourth-order valence-electron chi connectivity index (χ4n) is 11.7. The number of ether oxygens (including phenoxy) is 4. The van der Waals surface area contributed by atoms with Crippen molar-refractivity contribution in [1.29, 1.82) is 0 Å². The SMILES string of the molecule is CC(C)CCCCCCCCCCCCCCCCCC(=O)O[C@H](COC(=O)CCCCCCCCC(C)C)COP(=O)(O)OCC(O)COP(=O)(O)OC[C@@H](COC(=O)CCCCCCCCCCCCCCCC(C)C)OC(=O)CCCCCCCCCCCCC(C)C. The predicted molar refractivity (Wildman–Crippen MR) is 391 cm³/mol. The molecule has 570 valence electrons. The number of phosphoric acid groups is 2. The average molecular weight is 1410 g/mol. The lowest BCUT2D eigenvalue weighted by atomic mass is 10.0. The van der Waals surface area contributed by atoms with Crippen LogP contribution in [0.15, 0.2) is 0 Å². The highest BCUT2D eigenvalue weighted by molar-refractivity contribution is 7.47. The zero-order valence-corrected chi connectivity index (χ0v) is 64.8. The molecule has 3 unspecified atom stereocenters. The van der Waals surface area contributed by atoms with Crippen molar-refractivity contribution >= 4 is 39.5 Å². The van der Waals surface area contributed by atoms with Crippen LogP contribution in [-0.2, 0) is 65.4 Å². The van der Waals surface area contributed by atoms with Crippen molar-refractivity contribution in [3.05, 3.63) is 0 Å². The fraction of sp³-hybridized carbons (Fsp3) is 0.948. The Hall–Kier alpha value is -1.94. The van der Waals surface area contributed by atoms with Crippen molar-refractivity contribution in [3.63, 3.8) is 0 Å². The molecule has 0 radical (unpaired) electrons. The van der Waals surface area contributed by atoms with Crippen molar-refractivity contribution < 1.29 is 80.2 Å². The largest absolute Gasteiger partial charge is 0.472 e. The van der Waals surface area contributed by atoms with Gasteiger partial charge in [0.1, 0.15) is 19.3 Å². The van der Waals surface area contributed by atoms with Gasteiger partial charge >= 0.3 is 39.5 Å². The van der Waals surface area contributed by atoms with Crippen LogP contribution in [0.3, 0.4) is 0 Å². The molecule has 0 saturated heterocycles. The van der Waals surface area contributed by atoms with Crippen LogP contribution in [-0.4, -0.2) is 96.7 Å². The van der Waals surface area contributed by atoms with E-state index in [1.54, 1.807) is 0 Å². The van der Waals surface area contributed by atoms with Crippen LogP contribution in [0.5, 0.6) is 0 Å². The lowest BCUT2D eigenvalue weighted by Crippen LogP contribution is -2.30. The van der Waals surface area contributed by atoms with E-state index in [1.165, 1.54) is 186 Å². The molecule has 0 fully saturated rings. The van der Waals surface area contributed by atoms with Gasteiger partial charge in [0.2, 0.25) is 0 Å². The number of aliphatic hydroxyl groups excluding tert-OH is 1. The van der Waals surface area contributed by atoms with E-state index >= 15 is 0 Å². The summed E-state index contributed by atoms with van der Waals surface area (Å²) in [7, 11) is -9.91. The number of phosphoric ester groups is 2. The summed E-state index contributed by atoms with van der Waals surface area (Å²) >= 11 is 0.